The van der Waals surface area contributed by atoms with E-state index in [1.165, 1.54) is 11.6 Å². The number of halogens is 1. The number of methoxy groups -OCH3 is 2. The fourth-order valence-electron chi connectivity index (χ4n) is 2.44. The summed E-state index contributed by atoms with van der Waals surface area (Å²) in [7, 11) is 3.18. The van der Waals surface area contributed by atoms with Crippen LogP contribution >= 0.6 is 12.4 Å². The Morgan fingerprint density at radius 2 is 1.76 bits per heavy atom. The van der Waals surface area contributed by atoms with Crippen LogP contribution in [0.2, 0.25) is 0 Å². The Balaban J connectivity index is 0.00000312. The maximum Gasteiger partial charge on any atom is 0.244 e. The van der Waals surface area contributed by atoms with Gasteiger partial charge in [-0.1, -0.05) is 36.4 Å². The standard InChI is InChI=1S/C20H23NO3.ClH/c1-15(13-16-7-5-4-6-8-16)21-20(22)12-10-17-9-11-18(23-2)19(14-17)24-3;/h4-12,14-15H,13H2,1-3H3,(H,21,22);1H/b12-10+;. The fourth-order valence-corrected chi connectivity index (χ4v) is 2.44. The van der Waals surface area contributed by atoms with Gasteiger partial charge in [-0.05, 0) is 42.7 Å². The highest BCUT2D eigenvalue weighted by molar-refractivity contribution is 5.92. The summed E-state index contributed by atoms with van der Waals surface area (Å²) in [5.41, 5.74) is 2.08. The molecule has 25 heavy (non-hydrogen) atoms. The zero-order chi connectivity index (χ0) is 17.4. The predicted octanol–water partition coefficient (Wildman–Crippen LogP) is 3.89. The zero-order valence-electron chi connectivity index (χ0n) is 14.7. The second kappa shape index (κ2) is 10.4. The highest BCUT2D eigenvalue weighted by Crippen LogP contribution is 2.27. The van der Waals surface area contributed by atoms with Gasteiger partial charge in [0.05, 0.1) is 14.2 Å². The van der Waals surface area contributed by atoms with E-state index in [2.05, 4.69) is 17.4 Å². The lowest BCUT2D eigenvalue weighted by molar-refractivity contribution is -0.117. The number of rotatable bonds is 7. The summed E-state index contributed by atoms with van der Waals surface area (Å²) in [5, 5.41) is 2.97. The lowest BCUT2D eigenvalue weighted by atomic mass is 10.1. The maximum atomic E-state index is 12.0. The summed E-state index contributed by atoms with van der Waals surface area (Å²) in [5.74, 6) is 1.18. The SMILES string of the molecule is COc1ccc(/C=C/C(=O)NC(C)Cc2ccccc2)cc1OC.Cl. The van der Waals surface area contributed by atoms with E-state index in [9.17, 15) is 4.79 Å². The molecule has 0 aliphatic heterocycles. The van der Waals surface area contributed by atoms with E-state index in [0.29, 0.717) is 11.5 Å². The first-order chi connectivity index (χ1) is 11.6. The lowest BCUT2D eigenvalue weighted by Crippen LogP contribution is -2.32. The Kier molecular flexibility index (Phi) is 8.57. The first kappa shape index (κ1) is 20.6. The molecule has 1 unspecified atom stereocenters. The van der Waals surface area contributed by atoms with Gasteiger partial charge in [-0.15, -0.1) is 12.4 Å². The second-order valence-corrected chi connectivity index (χ2v) is 5.55. The van der Waals surface area contributed by atoms with Gasteiger partial charge in [0, 0.05) is 12.1 Å². The number of benzene rings is 2. The molecule has 0 fully saturated rings. The Morgan fingerprint density at radius 1 is 1.08 bits per heavy atom. The van der Waals surface area contributed by atoms with Gasteiger partial charge in [-0.25, -0.2) is 0 Å². The molecular formula is C20H24ClNO3. The normalized spacial score (nSPS) is 11.5. The van der Waals surface area contributed by atoms with Gasteiger partial charge in [-0.3, -0.25) is 4.79 Å². The van der Waals surface area contributed by atoms with Crippen molar-refractivity contribution < 1.29 is 14.3 Å². The van der Waals surface area contributed by atoms with Gasteiger partial charge in [0.1, 0.15) is 0 Å². The predicted molar refractivity (Wildman–Crippen MR) is 104 cm³/mol. The highest BCUT2D eigenvalue weighted by Gasteiger charge is 2.06. The quantitative estimate of drug-likeness (QED) is 0.761. The van der Waals surface area contributed by atoms with Gasteiger partial charge in [-0.2, -0.15) is 0 Å². The van der Waals surface area contributed by atoms with Crippen molar-refractivity contribution in [2.24, 2.45) is 0 Å². The Bertz CT molecular complexity index is 701. The molecule has 0 heterocycles. The number of hydrogen-bond donors (Lipinski definition) is 1. The van der Waals surface area contributed by atoms with Crippen molar-refractivity contribution in [2.45, 2.75) is 19.4 Å². The summed E-state index contributed by atoms with van der Waals surface area (Å²) in [6.07, 6.45) is 4.09. The molecule has 0 aliphatic carbocycles. The van der Waals surface area contributed by atoms with E-state index >= 15 is 0 Å². The van der Waals surface area contributed by atoms with Gasteiger partial charge < -0.3 is 14.8 Å². The molecule has 0 spiro atoms. The van der Waals surface area contributed by atoms with Crippen LogP contribution in [0, 0.1) is 0 Å². The summed E-state index contributed by atoms with van der Waals surface area (Å²) >= 11 is 0. The molecule has 1 amide bonds. The molecule has 0 bridgehead atoms. The molecule has 2 rings (SSSR count). The van der Waals surface area contributed by atoms with E-state index < -0.39 is 0 Å². The minimum Gasteiger partial charge on any atom is -0.493 e. The van der Waals surface area contributed by atoms with Crippen molar-refractivity contribution in [3.05, 3.63) is 65.7 Å². The molecule has 0 radical (unpaired) electrons. The highest BCUT2D eigenvalue weighted by atomic mass is 35.5. The van der Waals surface area contributed by atoms with Crippen LogP contribution in [0.25, 0.3) is 6.08 Å². The van der Waals surface area contributed by atoms with Crippen LogP contribution in [0.4, 0.5) is 0 Å². The summed E-state index contributed by atoms with van der Waals surface area (Å²) in [4.78, 5) is 12.0. The van der Waals surface area contributed by atoms with Crippen molar-refractivity contribution in [1.29, 1.82) is 0 Å². The van der Waals surface area contributed by atoms with Gasteiger partial charge in [0.2, 0.25) is 5.91 Å². The van der Waals surface area contributed by atoms with Crippen molar-refractivity contribution in [2.75, 3.05) is 14.2 Å². The summed E-state index contributed by atoms with van der Waals surface area (Å²) in [6.45, 7) is 2.00. The number of hydrogen-bond acceptors (Lipinski definition) is 3. The van der Waals surface area contributed by atoms with Crippen LogP contribution < -0.4 is 14.8 Å². The van der Waals surface area contributed by atoms with Gasteiger partial charge in [0.15, 0.2) is 11.5 Å². The number of carbonyl (C=O) groups is 1. The molecule has 1 N–H and O–H groups in total. The first-order valence-electron chi connectivity index (χ1n) is 7.87. The van der Waals surface area contributed by atoms with Gasteiger partial charge in [0.25, 0.3) is 0 Å². The molecule has 1 atom stereocenters. The molecule has 4 nitrogen and oxygen atoms in total. The van der Waals surface area contributed by atoms with Crippen LogP contribution in [-0.4, -0.2) is 26.2 Å². The third-order valence-corrected chi connectivity index (χ3v) is 3.61. The second-order valence-electron chi connectivity index (χ2n) is 5.55. The summed E-state index contributed by atoms with van der Waals surface area (Å²) in [6, 6.07) is 15.7. The largest absolute Gasteiger partial charge is 0.493 e. The van der Waals surface area contributed by atoms with Crippen molar-refractivity contribution in [1.82, 2.24) is 5.32 Å². The van der Waals surface area contributed by atoms with E-state index in [4.69, 9.17) is 9.47 Å². The first-order valence-corrected chi connectivity index (χ1v) is 7.87. The van der Waals surface area contributed by atoms with Crippen LogP contribution in [0.1, 0.15) is 18.1 Å². The minimum atomic E-state index is -0.117. The number of nitrogens with one attached hydrogen (secondary N) is 1. The Hall–Kier alpha value is -2.46. The maximum absolute atomic E-state index is 12.0. The van der Waals surface area contributed by atoms with Crippen molar-refractivity contribution >= 4 is 24.4 Å². The van der Waals surface area contributed by atoms with Crippen LogP contribution in [0.5, 0.6) is 11.5 Å². The van der Waals surface area contributed by atoms with Crippen LogP contribution in [-0.2, 0) is 11.2 Å². The smallest absolute Gasteiger partial charge is 0.244 e. The van der Waals surface area contributed by atoms with Gasteiger partial charge >= 0.3 is 0 Å². The molecule has 0 saturated carbocycles. The number of carbonyl (C=O) groups excluding carboxylic acids is 1. The van der Waals surface area contributed by atoms with E-state index in [1.54, 1.807) is 20.3 Å². The zero-order valence-corrected chi connectivity index (χ0v) is 15.5. The lowest BCUT2D eigenvalue weighted by Gasteiger charge is -2.12. The Labute approximate surface area is 155 Å². The minimum absolute atomic E-state index is 0. The number of ether oxygens (including phenoxy) is 2. The van der Waals surface area contributed by atoms with Crippen molar-refractivity contribution in [3.63, 3.8) is 0 Å². The third kappa shape index (κ3) is 6.51. The fraction of sp³-hybridized carbons (Fsp3) is 0.250. The Morgan fingerprint density at radius 3 is 2.40 bits per heavy atom. The molecular weight excluding hydrogens is 338 g/mol. The molecule has 0 saturated heterocycles. The molecule has 2 aromatic rings. The molecule has 5 heteroatoms. The average molecular weight is 362 g/mol. The van der Waals surface area contributed by atoms with E-state index in [1.807, 2.05) is 43.3 Å². The molecule has 0 aromatic heterocycles. The molecule has 2 aromatic carbocycles. The molecule has 134 valence electrons. The van der Waals surface area contributed by atoms with Crippen LogP contribution in [0.15, 0.2) is 54.6 Å². The van der Waals surface area contributed by atoms with Crippen LogP contribution in [0.3, 0.4) is 0 Å². The topological polar surface area (TPSA) is 47.6 Å². The van der Waals surface area contributed by atoms with E-state index in [0.717, 1.165) is 12.0 Å². The number of amides is 1. The van der Waals surface area contributed by atoms with Crippen molar-refractivity contribution in [3.8, 4) is 11.5 Å². The van der Waals surface area contributed by atoms with E-state index in [-0.39, 0.29) is 24.4 Å². The summed E-state index contributed by atoms with van der Waals surface area (Å²) < 4.78 is 10.5. The molecule has 0 aliphatic rings. The third-order valence-electron chi connectivity index (χ3n) is 3.61. The monoisotopic (exact) mass is 361 g/mol. The average Bonchev–Trinajstić information content (AvgIpc) is 2.60.